The lowest BCUT2D eigenvalue weighted by Crippen LogP contribution is -2.35. The summed E-state index contributed by atoms with van der Waals surface area (Å²) in [6, 6.07) is 8.49. The van der Waals surface area contributed by atoms with Crippen molar-refractivity contribution >= 4 is 23.6 Å². The van der Waals surface area contributed by atoms with E-state index in [1.807, 2.05) is 19.1 Å². The molecular weight excluding hydrogens is 330 g/mol. The van der Waals surface area contributed by atoms with Crippen LogP contribution in [-0.2, 0) is 10.5 Å². The molecule has 24 heavy (non-hydrogen) atoms. The Labute approximate surface area is 144 Å². The number of furan rings is 1. The molecular formula is C17H19NO5S. The molecule has 0 unspecified atom stereocenters. The first-order chi connectivity index (χ1) is 11.5. The van der Waals surface area contributed by atoms with Gasteiger partial charge in [0.05, 0.1) is 24.2 Å². The van der Waals surface area contributed by atoms with Gasteiger partial charge in [-0.2, -0.15) is 0 Å². The van der Waals surface area contributed by atoms with Crippen molar-refractivity contribution < 1.29 is 23.8 Å². The van der Waals surface area contributed by atoms with Crippen molar-refractivity contribution in [3.63, 3.8) is 0 Å². The van der Waals surface area contributed by atoms with E-state index in [1.165, 1.54) is 24.1 Å². The summed E-state index contributed by atoms with van der Waals surface area (Å²) in [4.78, 5) is 24.3. The smallest absolute Gasteiger partial charge is 0.339 e. The van der Waals surface area contributed by atoms with Crippen molar-refractivity contribution in [1.29, 1.82) is 0 Å². The molecule has 0 aliphatic carbocycles. The molecule has 0 saturated carbocycles. The molecule has 0 aliphatic rings. The molecule has 0 aliphatic heterocycles. The summed E-state index contributed by atoms with van der Waals surface area (Å²) in [5.74, 6) is -0.526. The predicted octanol–water partition coefficient (Wildman–Crippen LogP) is 3.03. The van der Waals surface area contributed by atoms with Crippen LogP contribution in [0, 0.1) is 0 Å². The van der Waals surface area contributed by atoms with E-state index >= 15 is 0 Å². The van der Waals surface area contributed by atoms with E-state index in [2.05, 4.69) is 5.32 Å². The summed E-state index contributed by atoms with van der Waals surface area (Å²) < 4.78 is 10.2. The number of benzene rings is 1. The fraction of sp³-hybridized carbons (Fsp3) is 0.294. The number of rotatable bonds is 8. The van der Waals surface area contributed by atoms with Crippen LogP contribution in [0.1, 0.15) is 33.4 Å². The van der Waals surface area contributed by atoms with Gasteiger partial charge >= 0.3 is 5.97 Å². The van der Waals surface area contributed by atoms with E-state index in [-0.39, 0.29) is 17.5 Å². The molecule has 1 heterocycles. The standard InChI is InChI=1S/C17H19NO5S/c1-11(9-22-2)18-16(19)13-5-3-4-6-15(13)24-10-14-12(17(20)21)7-8-23-14/h3-8,11H,9-10H2,1-2H3,(H,18,19)(H,20,21)/t11-/m1/s1. The van der Waals surface area contributed by atoms with Gasteiger partial charge in [-0.15, -0.1) is 11.8 Å². The highest BCUT2D eigenvalue weighted by Gasteiger charge is 2.17. The van der Waals surface area contributed by atoms with E-state index in [9.17, 15) is 9.59 Å². The normalized spacial score (nSPS) is 11.9. The molecule has 0 saturated heterocycles. The van der Waals surface area contributed by atoms with Crippen LogP contribution in [0.2, 0.25) is 0 Å². The highest BCUT2D eigenvalue weighted by Crippen LogP contribution is 2.28. The van der Waals surface area contributed by atoms with Crippen LogP contribution in [0.4, 0.5) is 0 Å². The minimum Gasteiger partial charge on any atom is -0.478 e. The first-order valence-electron chi connectivity index (χ1n) is 7.34. The van der Waals surface area contributed by atoms with Gasteiger partial charge in [-0.25, -0.2) is 4.79 Å². The molecule has 128 valence electrons. The van der Waals surface area contributed by atoms with E-state index in [4.69, 9.17) is 14.3 Å². The molecule has 1 amide bonds. The van der Waals surface area contributed by atoms with Crippen LogP contribution in [0.3, 0.4) is 0 Å². The van der Waals surface area contributed by atoms with E-state index in [0.29, 0.717) is 23.7 Å². The van der Waals surface area contributed by atoms with E-state index in [0.717, 1.165) is 4.90 Å². The molecule has 2 N–H and O–H groups in total. The van der Waals surface area contributed by atoms with Gasteiger partial charge in [-0.05, 0) is 25.1 Å². The van der Waals surface area contributed by atoms with Crippen LogP contribution >= 0.6 is 11.8 Å². The van der Waals surface area contributed by atoms with Crippen molar-refractivity contribution in [3.05, 3.63) is 53.5 Å². The zero-order valence-electron chi connectivity index (χ0n) is 13.4. The number of hydrogen-bond acceptors (Lipinski definition) is 5. The summed E-state index contributed by atoms with van der Waals surface area (Å²) >= 11 is 1.36. The van der Waals surface area contributed by atoms with Gasteiger partial charge < -0.3 is 19.6 Å². The number of carbonyl (C=O) groups is 2. The second-order valence-electron chi connectivity index (χ2n) is 5.18. The molecule has 0 spiro atoms. The van der Waals surface area contributed by atoms with Gasteiger partial charge in [0, 0.05) is 18.0 Å². The number of aromatic carboxylic acids is 1. The average molecular weight is 349 g/mol. The number of hydrogen-bond donors (Lipinski definition) is 2. The Morgan fingerprint density at radius 2 is 2.04 bits per heavy atom. The Morgan fingerprint density at radius 3 is 2.75 bits per heavy atom. The van der Waals surface area contributed by atoms with E-state index < -0.39 is 5.97 Å². The molecule has 2 aromatic rings. The quantitative estimate of drug-likeness (QED) is 0.712. The Balaban J connectivity index is 2.10. The van der Waals surface area contributed by atoms with Crippen LogP contribution in [-0.4, -0.2) is 36.7 Å². The lowest BCUT2D eigenvalue weighted by Gasteiger charge is -2.14. The van der Waals surface area contributed by atoms with Crippen molar-refractivity contribution in [2.24, 2.45) is 0 Å². The van der Waals surface area contributed by atoms with Gasteiger partial charge in [0.25, 0.3) is 5.91 Å². The predicted molar refractivity (Wildman–Crippen MR) is 90.5 cm³/mol. The number of thioether (sulfide) groups is 1. The number of carboxylic acids is 1. The van der Waals surface area contributed by atoms with Crippen molar-refractivity contribution in [1.82, 2.24) is 5.32 Å². The molecule has 0 radical (unpaired) electrons. The average Bonchev–Trinajstić information content (AvgIpc) is 3.02. The number of carbonyl (C=O) groups excluding carboxylic acids is 1. The number of methoxy groups -OCH3 is 1. The van der Waals surface area contributed by atoms with Crippen LogP contribution in [0.25, 0.3) is 0 Å². The second kappa shape index (κ2) is 8.56. The fourth-order valence-electron chi connectivity index (χ4n) is 2.16. The zero-order chi connectivity index (χ0) is 17.5. The summed E-state index contributed by atoms with van der Waals surface area (Å²) in [6.07, 6.45) is 1.35. The summed E-state index contributed by atoms with van der Waals surface area (Å²) in [7, 11) is 1.58. The molecule has 1 aromatic carbocycles. The lowest BCUT2D eigenvalue weighted by molar-refractivity contribution is 0.0694. The van der Waals surface area contributed by atoms with Gasteiger partial charge in [0.1, 0.15) is 11.3 Å². The molecule has 7 heteroatoms. The lowest BCUT2D eigenvalue weighted by atomic mass is 10.2. The molecule has 0 bridgehead atoms. The minimum absolute atomic E-state index is 0.107. The fourth-order valence-corrected chi connectivity index (χ4v) is 3.16. The molecule has 1 atom stereocenters. The van der Waals surface area contributed by atoms with Gasteiger partial charge in [0.2, 0.25) is 0 Å². The molecule has 0 fully saturated rings. The van der Waals surface area contributed by atoms with Crippen LogP contribution in [0.15, 0.2) is 45.9 Å². The summed E-state index contributed by atoms with van der Waals surface area (Å²) in [6.45, 7) is 2.29. The number of amides is 1. The van der Waals surface area contributed by atoms with E-state index in [1.54, 1.807) is 19.2 Å². The third-order valence-electron chi connectivity index (χ3n) is 3.26. The maximum atomic E-state index is 12.4. The first kappa shape index (κ1) is 18.1. The molecule has 2 rings (SSSR count). The topological polar surface area (TPSA) is 88.8 Å². The maximum Gasteiger partial charge on any atom is 0.339 e. The monoisotopic (exact) mass is 349 g/mol. The minimum atomic E-state index is -1.03. The van der Waals surface area contributed by atoms with Crippen molar-refractivity contribution in [2.45, 2.75) is 23.6 Å². The zero-order valence-corrected chi connectivity index (χ0v) is 14.3. The summed E-state index contributed by atoms with van der Waals surface area (Å²) in [5.41, 5.74) is 0.673. The maximum absolute atomic E-state index is 12.4. The Hall–Kier alpha value is -2.25. The Kier molecular flexibility index (Phi) is 6.45. The molecule has 6 nitrogen and oxygen atoms in total. The molecule has 1 aromatic heterocycles. The van der Waals surface area contributed by atoms with Crippen LogP contribution in [0.5, 0.6) is 0 Å². The van der Waals surface area contributed by atoms with Gasteiger partial charge in [-0.3, -0.25) is 4.79 Å². The van der Waals surface area contributed by atoms with Crippen LogP contribution < -0.4 is 5.32 Å². The largest absolute Gasteiger partial charge is 0.478 e. The highest BCUT2D eigenvalue weighted by atomic mass is 32.2. The Bertz CT molecular complexity index is 713. The summed E-state index contributed by atoms with van der Waals surface area (Å²) in [5, 5.41) is 12.0. The third-order valence-corrected chi connectivity index (χ3v) is 4.33. The SMILES string of the molecule is COC[C@@H](C)NC(=O)c1ccccc1SCc1occc1C(=O)O. The second-order valence-corrected chi connectivity index (χ2v) is 6.19. The Morgan fingerprint density at radius 1 is 1.29 bits per heavy atom. The first-order valence-corrected chi connectivity index (χ1v) is 8.32. The van der Waals surface area contributed by atoms with Crippen molar-refractivity contribution in [2.75, 3.05) is 13.7 Å². The highest BCUT2D eigenvalue weighted by molar-refractivity contribution is 7.98. The number of nitrogens with one attached hydrogen (secondary N) is 1. The van der Waals surface area contributed by atoms with Gasteiger partial charge in [0.15, 0.2) is 0 Å². The third kappa shape index (κ3) is 4.62. The number of ether oxygens (including phenoxy) is 1. The van der Waals surface area contributed by atoms with Gasteiger partial charge in [-0.1, -0.05) is 12.1 Å². The number of carboxylic acid groups (broad SMARTS) is 1. The van der Waals surface area contributed by atoms with Crippen molar-refractivity contribution in [3.8, 4) is 0 Å².